The van der Waals surface area contributed by atoms with Gasteiger partial charge in [0.2, 0.25) is 5.91 Å². The summed E-state index contributed by atoms with van der Waals surface area (Å²) in [6, 6.07) is -0.0144. The Labute approximate surface area is 111 Å². The number of nitrogens with one attached hydrogen (secondary N) is 1. The molecule has 0 aromatic carbocycles. The minimum absolute atomic E-state index is 0.0144. The van der Waals surface area contributed by atoms with Crippen LogP contribution in [0.25, 0.3) is 0 Å². The van der Waals surface area contributed by atoms with Gasteiger partial charge in [0.1, 0.15) is 0 Å². The van der Waals surface area contributed by atoms with Gasteiger partial charge in [0.05, 0.1) is 12.1 Å². The fourth-order valence-corrected chi connectivity index (χ4v) is 2.42. The van der Waals surface area contributed by atoms with Gasteiger partial charge in [-0.15, -0.1) is 0 Å². The minimum atomic E-state index is -0.0144. The third-order valence-corrected chi connectivity index (χ3v) is 3.55. The fourth-order valence-electron chi connectivity index (χ4n) is 2.42. The smallest absolute Gasteiger partial charge is 0.239 e. The molecule has 1 aliphatic heterocycles. The highest BCUT2D eigenvalue weighted by atomic mass is 16.5. The standard InChI is InChI=1S/C14H28N2O2/c1-5-16(6-2)14(17)13-9-12(7-8-15-13)10-18-11(3)4/h11-13,15H,5-10H2,1-4H3. The molecule has 1 saturated heterocycles. The lowest BCUT2D eigenvalue weighted by atomic mass is 9.92. The van der Waals surface area contributed by atoms with Crippen LogP contribution >= 0.6 is 0 Å². The number of ether oxygens (including phenoxy) is 1. The van der Waals surface area contributed by atoms with Crippen molar-refractivity contribution in [1.82, 2.24) is 10.2 Å². The molecular formula is C14H28N2O2. The molecule has 18 heavy (non-hydrogen) atoms. The Kier molecular flexibility index (Phi) is 6.65. The molecular weight excluding hydrogens is 228 g/mol. The number of nitrogens with zero attached hydrogens (tertiary/aromatic N) is 1. The molecule has 0 aromatic rings. The van der Waals surface area contributed by atoms with Crippen molar-refractivity contribution < 1.29 is 9.53 Å². The Balaban J connectivity index is 2.45. The number of likely N-dealkylation sites (N-methyl/N-ethyl adjacent to an activating group) is 1. The minimum Gasteiger partial charge on any atom is -0.379 e. The second-order valence-corrected chi connectivity index (χ2v) is 5.29. The molecule has 0 aliphatic carbocycles. The Hall–Kier alpha value is -0.610. The summed E-state index contributed by atoms with van der Waals surface area (Å²) in [5, 5.41) is 3.34. The topological polar surface area (TPSA) is 41.6 Å². The van der Waals surface area contributed by atoms with Crippen LogP contribution in [0.4, 0.5) is 0 Å². The molecule has 106 valence electrons. The zero-order valence-corrected chi connectivity index (χ0v) is 12.2. The van der Waals surface area contributed by atoms with Gasteiger partial charge in [0.25, 0.3) is 0 Å². The van der Waals surface area contributed by atoms with Crippen molar-refractivity contribution in [3.8, 4) is 0 Å². The van der Waals surface area contributed by atoms with E-state index < -0.39 is 0 Å². The largest absolute Gasteiger partial charge is 0.379 e. The molecule has 2 unspecified atom stereocenters. The molecule has 1 amide bonds. The normalized spacial score (nSPS) is 24.3. The number of carbonyl (C=O) groups excluding carboxylic acids is 1. The van der Waals surface area contributed by atoms with Gasteiger partial charge in [-0.05, 0) is 53.0 Å². The van der Waals surface area contributed by atoms with E-state index in [1.54, 1.807) is 0 Å². The van der Waals surface area contributed by atoms with E-state index in [9.17, 15) is 4.79 Å². The van der Waals surface area contributed by atoms with E-state index in [1.807, 2.05) is 18.7 Å². The van der Waals surface area contributed by atoms with Crippen molar-refractivity contribution in [2.75, 3.05) is 26.2 Å². The molecule has 1 rings (SSSR count). The van der Waals surface area contributed by atoms with Crippen LogP contribution in [0.1, 0.15) is 40.5 Å². The van der Waals surface area contributed by atoms with Crippen LogP contribution in [0, 0.1) is 5.92 Å². The lowest BCUT2D eigenvalue weighted by molar-refractivity contribution is -0.134. The Bertz CT molecular complexity index is 252. The molecule has 0 bridgehead atoms. The first-order chi connectivity index (χ1) is 8.58. The van der Waals surface area contributed by atoms with Crippen molar-refractivity contribution in [2.24, 2.45) is 5.92 Å². The monoisotopic (exact) mass is 256 g/mol. The summed E-state index contributed by atoms with van der Waals surface area (Å²) in [7, 11) is 0. The van der Waals surface area contributed by atoms with Crippen molar-refractivity contribution in [3.05, 3.63) is 0 Å². The summed E-state index contributed by atoms with van der Waals surface area (Å²) < 4.78 is 5.67. The lowest BCUT2D eigenvalue weighted by Crippen LogP contribution is -2.50. The van der Waals surface area contributed by atoms with Gasteiger partial charge in [-0.2, -0.15) is 0 Å². The Morgan fingerprint density at radius 3 is 2.61 bits per heavy atom. The van der Waals surface area contributed by atoms with Gasteiger partial charge < -0.3 is 15.0 Å². The Morgan fingerprint density at radius 1 is 1.39 bits per heavy atom. The van der Waals surface area contributed by atoms with Crippen LogP contribution in [0.3, 0.4) is 0 Å². The summed E-state index contributed by atoms with van der Waals surface area (Å²) in [6.45, 7) is 11.5. The van der Waals surface area contributed by atoms with Crippen molar-refractivity contribution in [1.29, 1.82) is 0 Å². The average molecular weight is 256 g/mol. The van der Waals surface area contributed by atoms with Gasteiger partial charge in [0, 0.05) is 19.7 Å². The van der Waals surface area contributed by atoms with Crippen LogP contribution in [0.2, 0.25) is 0 Å². The van der Waals surface area contributed by atoms with E-state index >= 15 is 0 Å². The molecule has 1 aliphatic rings. The highest BCUT2D eigenvalue weighted by Crippen LogP contribution is 2.18. The molecule has 2 atom stereocenters. The predicted octanol–water partition coefficient (Wildman–Crippen LogP) is 1.65. The summed E-state index contributed by atoms with van der Waals surface area (Å²) in [6.07, 6.45) is 2.29. The van der Waals surface area contributed by atoms with Gasteiger partial charge in [0.15, 0.2) is 0 Å². The van der Waals surface area contributed by atoms with E-state index in [-0.39, 0.29) is 18.1 Å². The molecule has 0 aromatic heterocycles. The van der Waals surface area contributed by atoms with Crippen molar-refractivity contribution in [3.63, 3.8) is 0 Å². The van der Waals surface area contributed by atoms with Crippen LogP contribution in [0.15, 0.2) is 0 Å². The summed E-state index contributed by atoms with van der Waals surface area (Å²) in [5.74, 6) is 0.757. The van der Waals surface area contributed by atoms with E-state index in [0.29, 0.717) is 5.92 Å². The highest BCUT2D eigenvalue weighted by molar-refractivity contribution is 5.82. The first-order valence-corrected chi connectivity index (χ1v) is 7.22. The number of hydrogen-bond acceptors (Lipinski definition) is 3. The first-order valence-electron chi connectivity index (χ1n) is 7.22. The number of amides is 1. The van der Waals surface area contributed by atoms with Crippen LogP contribution < -0.4 is 5.32 Å². The first kappa shape index (κ1) is 15.4. The molecule has 1 N–H and O–H groups in total. The zero-order valence-electron chi connectivity index (χ0n) is 12.2. The molecule has 0 saturated carbocycles. The van der Waals surface area contributed by atoms with Crippen molar-refractivity contribution in [2.45, 2.75) is 52.7 Å². The number of rotatable bonds is 6. The second kappa shape index (κ2) is 7.74. The maximum absolute atomic E-state index is 12.3. The maximum Gasteiger partial charge on any atom is 0.239 e. The number of carbonyl (C=O) groups is 1. The summed E-state index contributed by atoms with van der Waals surface area (Å²) in [5.41, 5.74) is 0. The fraction of sp³-hybridized carbons (Fsp3) is 0.929. The number of piperidine rings is 1. The number of hydrogen-bond donors (Lipinski definition) is 1. The SMILES string of the molecule is CCN(CC)C(=O)C1CC(COC(C)C)CCN1. The molecule has 4 nitrogen and oxygen atoms in total. The van der Waals surface area contributed by atoms with Gasteiger partial charge in [-0.1, -0.05) is 0 Å². The molecule has 1 heterocycles. The van der Waals surface area contributed by atoms with Crippen LogP contribution in [-0.2, 0) is 9.53 Å². The predicted molar refractivity (Wildman–Crippen MR) is 73.5 cm³/mol. The molecule has 4 heteroatoms. The maximum atomic E-state index is 12.3. The van der Waals surface area contributed by atoms with Crippen LogP contribution in [-0.4, -0.2) is 49.2 Å². The van der Waals surface area contributed by atoms with E-state index in [0.717, 1.165) is 39.1 Å². The summed E-state index contributed by atoms with van der Waals surface area (Å²) in [4.78, 5) is 14.2. The average Bonchev–Trinajstić information content (AvgIpc) is 2.38. The molecule has 1 fully saturated rings. The quantitative estimate of drug-likeness (QED) is 0.785. The van der Waals surface area contributed by atoms with Gasteiger partial charge in [-0.3, -0.25) is 4.79 Å². The second-order valence-electron chi connectivity index (χ2n) is 5.29. The van der Waals surface area contributed by atoms with Crippen LogP contribution in [0.5, 0.6) is 0 Å². The van der Waals surface area contributed by atoms with E-state index in [1.165, 1.54) is 0 Å². The summed E-state index contributed by atoms with van der Waals surface area (Å²) >= 11 is 0. The lowest BCUT2D eigenvalue weighted by Gasteiger charge is -2.33. The van der Waals surface area contributed by atoms with E-state index in [4.69, 9.17) is 4.74 Å². The highest BCUT2D eigenvalue weighted by Gasteiger charge is 2.29. The zero-order chi connectivity index (χ0) is 13.5. The van der Waals surface area contributed by atoms with Gasteiger partial charge in [-0.25, -0.2) is 0 Å². The van der Waals surface area contributed by atoms with E-state index in [2.05, 4.69) is 19.2 Å². The third-order valence-electron chi connectivity index (χ3n) is 3.55. The molecule has 0 radical (unpaired) electrons. The van der Waals surface area contributed by atoms with Crippen molar-refractivity contribution >= 4 is 5.91 Å². The van der Waals surface area contributed by atoms with Gasteiger partial charge >= 0.3 is 0 Å². The Morgan fingerprint density at radius 2 is 2.06 bits per heavy atom. The third kappa shape index (κ3) is 4.58. The molecule has 0 spiro atoms.